The van der Waals surface area contributed by atoms with Crippen LogP contribution < -0.4 is 0 Å². The Hall–Kier alpha value is -1.81. The Bertz CT molecular complexity index is 643. The molecule has 1 aromatic heterocycles. The van der Waals surface area contributed by atoms with Gasteiger partial charge in [0.25, 0.3) is 0 Å². The van der Waals surface area contributed by atoms with Crippen molar-refractivity contribution in [2.24, 2.45) is 5.92 Å². The first-order chi connectivity index (χ1) is 10.2. The monoisotopic (exact) mass is 287 g/mol. The summed E-state index contributed by atoms with van der Waals surface area (Å²) in [7, 11) is 0. The normalized spacial score (nSPS) is 15.0. The Morgan fingerprint density at radius 2 is 2.19 bits per heavy atom. The minimum absolute atomic E-state index is 0.00513. The van der Waals surface area contributed by atoms with Crippen molar-refractivity contribution in [3.63, 3.8) is 0 Å². The number of furan rings is 1. The van der Waals surface area contributed by atoms with Crippen LogP contribution in [0.5, 0.6) is 0 Å². The van der Waals surface area contributed by atoms with E-state index < -0.39 is 5.97 Å². The minimum Gasteiger partial charge on any atom is -0.475 e. The van der Waals surface area contributed by atoms with Gasteiger partial charge in [-0.05, 0) is 55.5 Å². The third kappa shape index (κ3) is 3.45. The van der Waals surface area contributed by atoms with Crippen molar-refractivity contribution >= 4 is 16.9 Å². The second-order valence-electron chi connectivity index (χ2n) is 5.97. The lowest BCUT2D eigenvalue weighted by atomic mass is 10.1. The van der Waals surface area contributed by atoms with Crippen LogP contribution in [0.1, 0.15) is 42.3 Å². The average Bonchev–Trinajstić information content (AvgIpc) is 3.15. The van der Waals surface area contributed by atoms with Crippen LogP contribution >= 0.6 is 0 Å². The van der Waals surface area contributed by atoms with E-state index in [4.69, 9.17) is 9.52 Å². The summed E-state index contributed by atoms with van der Waals surface area (Å²) in [6, 6.07) is 7.55. The molecule has 0 unspecified atom stereocenters. The molecular weight excluding hydrogens is 266 g/mol. The van der Waals surface area contributed by atoms with Crippen molar-refractivity contribution in [2.45, 2.75) is 32.7 Å². The molecule has 1 N–H and O–H groups in total. The molecular formula is C17H21NO3. The molecule has 1 saturated carbocycles. The molecule has 21 heavy (non-hydrogen) atoms. The molecule has 0 spiro atoms. The Labute approximate surface area is 124 Å². The van der Waals surface area contributed by atoms with E-state index in [2.05, 4.69) is 11.8 Å². The number of carboxylic acid groups (broad SMARTS) is 1. The SMILES string of the molecule is CCCN(Cc1ccc2oc(C(=O)O)cc2c1)CC1CC1. The number of carboxylic acids is 1. The van der Waals surface area contributed by atoms with Crippen LogP contribution in [0.4, 0.5) is 0 Å². The quantitative estimate of drug-likeness (QED) is 0.842. The molecule has 1 aliphatic carbocycles. The van der Waals surface area contributed by atoms with Crippen molar-refractivity contribution in [1.82, 2.24) is 4.90 Å². The smallest absolute Gasteiger partial charge is 0.371 e. The van der Waals surface area contributed by atoms with Crippen LogP contribution in [0, 0.1) is 5.92 Å². The lowest BCUT2D eigenvalue weighted by Gasteiger charge is -2.21. The lowest BCUT2D eigenvalue weighted by Crippen LogP contribution is -2.26. The van der Waals surface area contributed by atoms with Crippen LogP contribution in [0.3, 0.4) is 0 Å². The van der Waals surface area contributed by atoms with Crippen LogP contribution in [-0.2, 0) is 6.54 Å². The molecule has 1 aliphatic rings. The van der Waals surface area contributed by atoms with Gasteiger partial charge in [0, 0.05) is 18.5 Å². The molecule has 4 heteroatoms. The molecule has 1 fully saturated rings. The summed E-state index contributed by atoms with van der Waals surface area (Å²) in [5.41, 5.74) is 1.86. The van der Waals surface area contributed by atoms with Gasteiger partial charge in [-0.1, -0.05) is 13.0 Å². The van der Waals surface area contributed by atoms with Gasteiger partial charge in [-0.15, -0.1) is 0 Å². The third-order valence-corrected chi connectivity index (χ3v) is 3.95. The maximum Gasteiger partial charge on any atom is 0.371 e. The van der Waals surface area contributed by atoms with Gasteiger partial charge in [0.05, 0.1) is 0 Å². The standard InChI is InChI=1S/C17H21NO3/c1-2-7-18(10-12-3-4-12)11-13-5-6-15-14(8-13)9-16(21-15)17(19)20/h5-6,8-9,12H,2-4,7,10-11H2,1H3,(H,19,20). The van der Waals surface area contributed by atoms with Crippen molar-refractivity contribution in [3.05, 3.63) is 35.6 Å². The summed E-state index contributed by atoms with van der Waals surface area (Å²) < 4.78 is 5.30. The molecule has 1 heterocycles. The molecule has 0 atom stereocenters. The van der Waals surface area contributed by atoms with E-state index in [0.717, 1.165) is 30.8 Å². The average molecular weight is 287 g/mol. The molecule has 0 aliphatic heterocycles. The van der Waals surface area contributed by atoms with Gasteiger partial charge < -0.3 is 9.52 Å². The first-order valence-corrected chi connectivity index (χ1v) is 7.64. The number of fused-ring (bicyclic) bond motifs is 1. The molecule has 2 aromatic rings. The highest BCUT2D eigenvalue weighted by atomic mass is 16.4. The highest BCUT2D eigenvalue weighted by Crippen LogP contribution is 2.30. The number of nitrogens with zero attached hydrogens (tertiary/aromatic N) is 1. The van der Waals surface area contributed by atoms with E-state index in [1.165, 1.54) is 24.9 Å². The van der Waals surface area contributed by atoms with Gasteiger partial charge in [-0.25, -0.2) is 4.79 Å². The van der Waals surface area contributed by atoms with E-state index in [9.17, 15) is 4.79 Å². The van der Waals surface area contributed by atoms with Crippen LogP contribution in [0.25, 0.3) is 11.0 Å². The minimum atomic E-state index is -1.02. The Balaban J connectivity index is 1.76. The first kappa shape index (κ1) is 14.1. The van der Waals surface area contributed by atoms with Gasteiger partial charge in [0.2, 0.25) is 5.76 Å². The van der Waals surface area contributed by atoms with E-state index in [-0.39, 0.29) is 5.76 Å². The molecule has 4 nitrogen and oxygen atoms in total. The molecule has 1 aromatic carbocycles. The fourth-order valence-electron chi connectivity index (χ4n) is 2.77. The maximum atomic E-state index is 10.9. The predicted octanol–water partition coefficient (Wildman–Crippen LogP) is 3.75. The van der Waals surface area contributed by atoms with Crippen LogP contribution in [-0.4, -0.2) is 29.1 Å². The zero-order valence-corrected chi connectivity index (χ0v) is 12.3. The Morgan fingerprint density at radius 3 is 2.86 bits per heavy atom. The van der Waals surface area contributed by atoms with Gasteiger partial charge in [0.1, 0.15) is 5.58 Å². The van der Waals surface area contributed by atoms with Crippen molar-refractivity contribution in [3.8, 4) is 0 Å². The zero-order chi connectivity index (χ0) is 14.8. The highest BCUT2D eigenvalue weighted by Gasteiger charge is 2.24. The van der Waals surface area contributed by atoms with Crippen molar-refractivity contribution < 1.29 is 14.3 Å². The zero-order valence-electron chi connectivity index (χ0n) is 12.3. The fourth-order valence-corrected chi connectivity index (χ4v) is 2.77. The Kier molecular flexibility index (Phi) is 3.97. The second-order valence-corrected chi connectivity index (χ2v) is 5.97. The van der Waals surface area contributed by atoms with E-state index >= 15 is 0 Å². The number of carbonyl (C=O) groups is 1. The molecule has 112 valence electrons. The number of rotatable bonds is 7. The number of aromatic carboxylic acids is 1. The molecule has 0 bridgehead atoms. The lowest BCUT2D eigenvalue weighted by molar-refractivity contribution is 0.0665. The third-order valence-electron chi connectivity index (χ3n) is 3.95. The summed E-state index contributed by atoms with van der Waals surface area (Å²) >= 11 is 0. The molecule has 0 saturated heterocycles. The predicted molar refractivity (Wildman–Crippen MR) is 81.5 cm³/mol. The topological polar surface area (TPSA) is 53.7 Å². The fraction of sp³-hybridized carbons (Fsp3) is 0.471. The van der Waals surface area contributed by atoms with Crippen LogP contribution in [0.2, 0.25) is 0 Å². The van der Waals surface area contributed by atoms with E-state index in [0.29, 0.717) is 5.58 Å². The van der Waals surface area contributed by atoms with Crippen molar-refractivity contribution in [1.29, 1.82) is 0 Å². The van der Waals surface area contributed by atoms with Gasteiger partial charge in [0.15, 0.2) is 0 Å². The van der Waals surface area contributed by atoms with Gasteiger partial charge >= 0.3 is 5.97 Å². The number of benzene rings is 1. The maximum absolute atomic E-state index is 10.9. The molecule has 3 rings (SSSR count). The summed E-state index contributed by atoms with van der Waals surface area (Å²) in [5, 5.41) is 9.84. The summed E-state index contributed by atoms with van der Waals surface area (Å²) in [4.78, 5) is 13.4. The second kappa shape index (κ2) is 5.90. The summed E-state index contributed by atoms with van der Waals surface area (Å²) in [5.74, 6) is -0.132. The number of hydrogen-bond donors (Lipinski definition) is 1. The van der Waals surface area contributed by atoms with E-state index in [1.54, 1.807) is 6.07 Å². The van der Waals surface area contributed by atoms with Crippen molar-refractivity contribution in [2.75, 3.05) is 13.1 Å². The van der Waals surface area contributed by atoms with Gasteiger partial charge in [-0.2, -0.15) is 0 Å². The first-order valence-electron chi connectivity index (χ1n) is 7.64. The van der Waals surface area contributed by atoms with E-state index in [1.807, 2.05) is 18.2 Å². The van der Waals surface area contributed by atoms with Crippen LogP contribution in [0.15, 0.2) is 28.7 Å². The Morgan fingerprint density at radius 1 is 1.38 bits per heavy atom. The highest BCUT2D eigenvalue weighted by molar-refractivity contribution is 5.91. The number of hydrogen-bond acceptors (Lipinski definition) is 3. The summed E-state index contributed by atoms with van der Waals surface area (Å²) in [6.07, 6.45) is 3.88. The summed E-state index contributed by atoms with van der Waals surface area (Å²) in [6.45, 7) is 5.42. The largest absolute Gasteiger partial charge is 0.475 e. The molecule has 0 radical (unpaired) electrons. The molecule has 0 amide bonds. The van der Waals surface area contributed by atoms with Gasteiger partial charge in [-0.3, -0.25) is 4.90 Å².